The zero-order valence-corrected chi connectivity index (χ0v) is 9.12. The summed E-state index contributed by atoms with van der Waals surface area (Å²) in [5.74, 6) is 0.0243. The zero-order chi connectivity index (χ0) is 10.6. The van der Waals surface area contributed by atoms with E-state index in [2.05, 4.69) is 26.8 Å². The van der Waals surface area contributed by atoms with Crippen molar-refractivity contribution in [2.24, 2.45) is 5.41 Å². The number of rotatable bonds is 2. The minimum absolute atomic E-state index is 0.0243. The van der Waals surface area contributed by atoms with Crippen LogP contribution in [0.25, 0.3) is 0 Å². The Kier molecular flexibility index (Phi) is 3.30. The highest BCUT2D eigenvalue weighted by Crippen LogP contribution is 2.30. The summed E-state index contributed by atoms with van der Waals surface area (Å²) in [4.78, 5) is 0. The highest BCUT2D eigenvalue weighted by atomic mass is 14.3. The van der Waals surface area contributed by atoms with Crippen molar-refractivity contribution < 1.29 is 0 Å². The fourth-order valence-electron chi connectivity index (χ4n) is 1.54. The number of nitriles is 1. The lowest BCUT2D eigenvalue weighted by molar-refractivity contribution is 0.363. The summed E-state index contributed by atoms with van der Waals surface area (Å²) in [6.45, 7) is 6.50. The van der Waals surface area contributed by atoms with Gasteiger partial charge in [-0.05, 0) is 17.4 Å². The lowest BCUT2D eigenvalue weighted by Gasteiger charge is -2.21. The van der Waals surface area contributed by atoms with E-state index in [1.807, 2.05) is 30.3 Å². The van der Waals surface area contributed by atoms with E-state index in [-0.39, 0.29) is 11.3 Å². The molecule has 0 N–H and O–H groups in total. The molecule has 0 aliphatic rings. The molecule has 0 fully saturated rings. The molecule has 0 bridgehead atoms. The maximum Gasteiger partial charge on any atom is 0.0717 e. The van der Waals surface area contributed by atoms with Gasteiger partial charge in [0.2, 0.25) is 0 Å². The summed E-state index contributed by atoms with van der Waals surface area (Å²) < 4.78 is 0. The smallest absolute Gasteiger partial charge is 0.0717 e. The Morgan fingerprint density at radius 2 is 1.79 bits per heavy atom. The minimum Gasteiger partial charge on any atom is -0.198 e. The van der Waals surface area contributed by atoms with Crippen LogP contribution in [0.2, 0.25) is 0 Å². The molecule has 0 unspecified atom stereocenters. The van der Waals surface area contributed by atoms with Crippen molar-refractivity contribution in [2.75, 3.05) is 0 Å². The average Bonchev–Trinajstić information content (AvgIpc) is 2.14. The van der Waals surface area contributed by atoms with Gasteiger partial charge in [0.05, 0.1) is 12.0 Å². The molecule has 0 spiro atoms. The van der Waals surface area contributed by atoms with E-state index in [9.17, 15) is 0 Å². The summed E-state index contributed by atoms with van der Waals surface area (Å²) in [5, 5.41) is 9.09. The zero-order valence-electron chi connectivity index (χ0n) is 9.12. The molecule has 1 rings (SSSR count). The van der Waals surface area contributed by atoms with Crippen LogP contribution < -0.4 is 0 Å². The second-order valence-electron chi connectivity index (χ2n) is 4.86. The lowest BCUT2D eigenvalue weighted by atomic mass is 9.82. The van der Waals surface area contributed by atoms with Gasteiger partial charge in [0.1, 0.15) is 0 Å². The Balaban J connectivity index is 2.80. The van der Waals surface area contributed by atoms with Crippen LogP contribution in [0.5, 0.6) is 0 Å². The summed E-state index contributed by atoms with van der Waals surface area (Å²) in [5.41, 5.74) is 1.33. The fraction of sp³-hybridized carbons (Fsp3) is 0.462. The first-order valence-corrected chi connectivity index (χ1v) is 4.97. The SMILES string of the molecule is CC(C)(C)C[C@@H](C#N)c1ccccc1. The van der Waals surface area contributed by atoms with Gasteiger partial charge >= 0.3 is 0 Å². The third-order valence-electron chi connectivity index (χ3n) is 2.17. The van der Waals surface area contributed by atoms with E-state index in [1.54, 1.807) is 0 Å². The van der Waals surface area contributed by atoms with E-state index in [4.69, 9.17) is 5.26 Å². The maximum absolute atomic E-state index is 9.09. The van der Waals surface area contributed by atoms with Gasteiger partial charge in [0, 0.05) is 0 Å². The van der Waals surface area contributed by atoms with Crippen LogP contribution in [0.3, 0.4) is 0 Å². The molecule has 0 saturated heterocycles. The number of nitrogens with zero attached hydrogens (tertiary/aromatic N) is 1. The van der Waals surface area contributed by atoms with E-state index in [0.29, 0.717) is 0 Å². The van der Waals surface area contributed by atoms with Gasteiger partial charge in [-0.3, -0.25) is 0 Å². The van der Waals surface area contributed by atoms with Crippen LogP contribution in [0.15, 0.2) is 30.3 Å². The lowest BCUT2D eigenvalue weighted by Crippen LogP contribution is -2.10. The van der Waals surface area contributed by atoms with Crippen molar-refractivity contribution in [1.29, 1.82) is 5.26 Å². The van der Waals surface area contributed by atoms with E-state index < -0.39 is 0 Å². The first kappa shape index (κ1) is 10.8. The molecule has 1 heteroatoms. The van der Waals surface area contributed by atoms with Gasteiger partial charge in [0.25, 0.3) is 0 Å². The molecule has 0 amide bonds. The number of hydrogen-bond acceptors (Lipinski definition) is 1. The molecule has 14 heavy (non-hydrogen) atoms. The Labute approximate surface area is 86.4 Å². The summed E-state index contributed by atoms with van der Waals surface area (Å²) in [6, 6.07) is 12.4. The summed E-state index contributed by atoms with van der Waals surface area (Å²) in [7, 11) is 0. The third kappa shape index (κ3) is 3.22. The van der Waals surface area contributed by atoms with Crippen molar-refractivity contribution in [2.45, 2.75) is 33.1 Å². The number of benzene rings is 1. The molecular formula is C13H17N. The molecule has 0 heterocycles. The van der Waals surface area contributed by atoms with Gasteiger partial charge in [-0.2, -0.15) is 5.26 Å². The topological polar surface area (TPSA) is 23.8 Å². The largest absolute Gasteiger partial charge is 0.198 e. The van der Waals surface area contributed by atoms with Crippen molar-refractivity contribution in [3.8, 4) is 6.07 Å². The predicted octanol–water partition coefficient (Wildman–Crippen LogP) is 3.73. The molecule has 74 valence electrons. The van der Waals surface area contributed by atoms with Crippen LogP contribution in [-0.2, 0) is 0 Å². The molecule has 0 saturated carbocycles. The molecule has 0 radical (unpaired) electrons. The second kappa shape index (κ2) is 4.28. The van der Waals surface area contributed by atoms with E-state index >= 15 is 0 Å². The first-order chi connectivity index (χ1) is 6.53. The second-order valence-corrected chi connectivity index (χ2v) is 4.86. The van der Waals surface area contributed by atoms with Crippen LogP contribution in [0, 0.1) is 16.7 Å². The standard InChI is InChI=1S/C13H17N/c1-13(2,3)9-12(10-14)11-7-5-4-6-8-11/h4-8,12H,9H2,1-3H3/t12-/m0/s1. The van der Waals surface area contributed by atoms with Crippen molar-refractivity contribution >= 4 is 0 Å². The highest BCUT2D eigenvalue weighted by Gasteiger charge is 2.19. The number of hydrogen-bond donors (Lipinski definition) is 0. The molecular weight excluding hydrogens is 170 g/mol. The quantitative estimate of drug-likeness (QED) is 0.692. The Morgan fingerprint density at radius 1 is 1.21 bits per heavy atom. The normalized spacial score (nSPS) is 13.3. The van der Waals surface area contributed by atoms with Crippen molar-refractivity contribution in [3.63, 3.8) is 0 Å². The molecule has 0 aliphatic heterocycles. The van der Waals surface area contributed by atoms with E-state index in [1.165, 1.54) is 0 Å². The van der Waals surface area contributed by atoms with Crippen molar-refractivity contribution in [1.82, 2.24) is 0 Å². The predicted molar refractivity (Wildman–Crippen MR) is 58.9 cm³/mol. The van der Waals surface area contributed by atoms with E-state index in [0.717, 1.165) is 12.0 Å². The molecule has 1 nitrogen and oxygen atoms in total. The van der Waals surface area contributed by atoms with Crippen molar-refractivity contribution in [3.05, 3.63) is 35.9 Å². The molecule has 1 aromatic rings. The molecule has 0 aromatic heterocycles. The molecule has 0 aliphatic carbocycles. The summed E-state index contributed by atoms with van der Waals surface area (Å²) in [6.07, 6.45) is 0.910. The molecule has 1 atom stereocenters. The average molecular weight is 187 g/mol. The highest BCUT2D eigenvalue weighted by molar-refractivity contribution is 5.24. The maximum atomic E-state index is 9.09. The third-order valence-corrected chi connectivity index (χ3v) is 2.17. The fourth-order valence-corrected chi connectivity index (χ4v) is 1.54. The van der Waals surface area contributed by atoms with Gasteiger partial charge in [0.15, 0.2) is 0 Å². The van der Waals surface area contributed by atoms with Crippen LogP contribution in [0.4, 0.5) is 0 Å². The van der Waals surface area contributed by atoms with Gasteiger partial charge in [-0.25, -0.2) is 0 Å². The monoisotopic (exact) mass is 187 g/mol. The van der Waals surface area contributed by atoms with Crippen LogP contribution >= 0.6 is 0 Å². The summed E-state index contributed by atoms with van der Waals surface area (Å²) >= 11 is 0. The first-order valence-electron chi connectivity index (χ1n) is 4.97. The Hall–Kier alpha value is -1.29. The Morgan fingerprint density at radius 3 is 2.21 bits per heavy atom. The molecule has 1 aromatic carbocycles. The Bertz CT molecular complexity index is 313. The minimum atomic E-state index is 0.0243. The van der Waals surface area contributed by atoms with Crippen LogP contribution in [-0.4, -0.2) is 0 Å². The van der Waals surface area contributed by atoms with Crippen LogP contribution in [0.1, 0.15) is 38.7 Å². The van der Waals surface area contributed by atoms with Gasteiger partial charge in [-0.15, -0.1) is 0 Å². The van der Waals surface area contributed by atoms with Gasteiger partial charge < -0.3 is 0 Å². The van der Waals surface area contributed by atoms with Gasteiger partial charge in [-0.1, -0.05) is 51.1 Å².